The van der Waals surface area contributed by atoms with Gasteiger partial charge in [-0.05, 0) is 42.5 Å². The van der Waals surface area contributed by atoms with Crippen LogP contribution < -0.4 is 10.2 Å². The first-order valence-corrected chi connectivity index (χ1v) is 9.48. The van der Waals surface area contributed by atoms with Gasteiger partial charge in [0.25, 0.3) is 5.91 Å². The van der Waals surface area contributed by atoms with Gasteiger partial charge in [-0.15, -0.1) is 10.2 Å². The minimum absolute atomic E-state index is 0.0566. The number of rotatable bonds is 5. The van der Waals surface area contributed by atoms with Crippen molar-refractivity contribution in [3.8, 4) is 0 Å². The molecule has 2 aliphatic rings. The quantitative estimate of drug-likeness (QED) is 0.795. The molecule has 27 heavy (non-hydrogen) atoms. The van der Waals surface area contributed by atoms with Crippen LogP contribution in [0.2, 0.25) is 0 Å². The summed E-state index contributed by atoms with van der Waals surface area (Å²) < 4.78 is 0. The van der Waals surface area contributed by atoms with Crippen LogP contribution in [0.25, 0.3) is 6.08 Å². The second kappa shape index (κ2) is 7.48. The zero-order valence-electron chi connectivity index (χ0n) is 15.3. The van der Waals surface area contributed by atoms with Crippen molar-refractivity contribution in [3.63, 3.8) is 0 Å². The molecule has 1 aliphatic heterocycles. The van der Waals surface area contributed by atoms with E-state index in [1.807, 2.05) is 6.07 Å². The molecular formula is C21H24N4O2. The summed E-state index contributed by atoms with van der Waals surface area (Å²) in [6, 6.07) is 12.2. The third-order valence-corrected chi connectivity index (χ3v) is 5.56. The molecule has 1 saturated heterocycles. The lowest BCUT2D eigenvalue weighted by Crippen LogP contribution is -2.41. The largest absolute Gasteiger partial charge is 0.396 e. The number of hydrogen-bond donors (Lipinski definition) is 2. The van der Waals surface area contributed by atoms with Gasteiger partial charge in [-0.2, -0.15) is 0 Å². The summed E-state index contributed by atoms with van der Waals surface area (Å²) in [7, 11) is 0. The molecule has 140 valence electrons. The number of fused-ring (bicyclic) bond motifs is 2. The summed E-state index contributed by atoms with van der Waals surface area (Å²) in [5.74, 6) is 0.555. The fraction of sp³-hybridized carbons (Fsp3) is 0.381. The van der Waals surface area contributed by atoms with Gasteiger partial charge in [0.2, 0.25) is 0 Å². The highest BCUT2D eigenvalue weighted by atomic mass is 16.3. The van der Waals surface area contributed by atoms with Crippen molar-refractivity contribution in [2.24, 2.45) is 0 Å². The van der Waals surface area contributed by atoms with E-state index in [9.17, 15) is 4.79 Å². The molecular weight excluding hydrogens is 340 g/mol. The highest BCUT2D eigenvalue weighted by Gasteiger charge is 2.38. The van der Waals surface area contributed by atoms with Crippen molar-refractivity contribution in [2.45, 2.75) is 24.7 Å². The second-order valence-electron chi connectivity index (χ2n) is 7.17. The Morgan fingerprint density at radius 2 is 1.96 bits per heavy atom. The molecule has 6 nitrogen and oxygen atoms in total. The molecule has 4 rings (SSSR count). The Morgan fingerprint density at radius 1 is 1.15 bits per heavy atom. The summed E-state index contributed by atoms with van der Waals surface area (Å²) in [6.07, 6.45) is 7.23. The van der Waals surface area contributed by atoms with E-state index >= 15 is 0 Å². The number of aliphatic hydroxyl groups is 1. The number of allylic oxidation sites excluding steroid dienone is 1. The molecule has 1 aliphatic carbocycles. The average molecular weight is 364 g/mol. The van der Waals surface area contributed by atoms with Gasteiger partial charge in [-0.25, -0.2) is 0 Å². The van der Waals surface area contributed by atoms with E-state index in [1.54, 1.807) is 6.07 Å². The van der Waals surface area contributed by atoms with Crippen LogP contribution in [0.3, 0.4) is 0 Å². The number of nitrogens with one attached hydrogen (secondary N) is 1. The number of benzene rings is 1. The van der Waals surface area contributed by atoms with Crippen LogP contribution in [0.15, 0.2) is 42.5 Å². The fourth-order valence-electron chi connectivity index (χ4n) is 3.99. The molecule has 1 spiro atoms. The summed E-state index contributed by atoms with van der Waals surface area (Å²) >= 11 is 0. The first-order chi connectivity index (χ1) is 13.2. The maximum absolute atomic E-state index is 12.0. The van der Waals surface area contributed by atoms with Crippen LogP contribution in [0.5, 0.6) is 0 Å². The van der Waals surface area contributed by atoms with Crippen molar-refractivity contribution in [3.05, 3.63) is 59.3 Å². The Morgan fingerprint density at radius 3 is 2.70 bits per heavy atom. The van der Waals surface area contributed by atoms with Gasteiger partial charge in [-0.3, -0.25) is 4.79 Å². The molecule has 1 amide bonds. The van der Waals surface area contributed by atoms with Crippen LogP contribution in [-0.2, 0) is 5.41 Å². The summed E-state index contributed by atoms with van der Waals surface area (Å²) in [4.78, 5) is 14.2. The van der Waals surface area contributed by atoms with E-state index in [2.05, 4.69) is 56.8 Å². The van der Waals surface area contributed by atoms with Crippen LogP contribution in [0.4, 0.5) is 5.82 Å². The fourth-order valence-corrected chi connectivity index (χ4v) is 3.99. The molecule has 0 bridgehead atoms. The number of anilines is 1. The molecule has 0 radical (unpaired) electrons. The zero-order chi connectivity index (χ0) is 18.7. The molecule has 2 aromatic rings. The summed E-state index contributed by atoms with van der Waals surface area (Å²) in [5, 5.41) is 19.8. The van der Waals surface area contributed by atoms with Crippen molar-refractivity contribution in [1.82, 2.24) is 15.5 Å². The van der Waals surface area contributed by atoms with Crippen molar-refractivity contribution >= 4 is 17.8 Å². The maximum atomic E-state index is 12.0. The van der Waals surface area contributed by atoms with Gasteiger partial charge >= 0.3 is 0 Å². The van der Waals surface area contributed by atoms with Crippen LogP contribution in [0, 0.1) is 0 Å². The summed E-state index contributed by atoms with van der Waals surface area (Å²) in [5.41, 5.74) is 3.22. The van der Waals surface area contributed by atoms with Gasteiger partial charge < -0.3 is 15.3 Å². The highest BCUT2D eigenvalue weighted by Crippen LogP contribution is 2.43. The smallest absolute Gasteiger partial charge is 0.271 e. The Bertz CT molecular complexity index is 840. The Labute approximate surface area is 158 Å². The van der Waals surface area contributed by atoms with Gasteiger partial charge in [0.1, 0.15) is 0 Å². The predicted molar refractivity (Wildman–Crippen MR) is 105 cm³/mol. The normalized spacial score (nSPS) is 17.1. The maximum Gasteiger partial charge on any atom is 0.271 e. The lowest BCUT2D eigenvalue weighted by molar-refractivity contribution is 0.0945. The second-order valence-corrected chi connectivity index (χ2v) is 7.17. The molecule has 6 heteroatoms. The number of nitrogens with zero attached hydrogens (tertiary/aromatic N) is 3. The van der Waals surface area contributed by atoms with Gasteiger partial charge in [0.15, 0.2) is 11.5 Å². The SMILES string of the molecule is O=C(NCCCO)c1ccc(N2CCC3(C=Cc4ccccc43)CC2)nn1. The molecule has 1 aromatic heterocycles. The first kappa shape index (κ1) is 17.7. The molecule has 0 unspecified atom stereocenters. The number of amides is 1. The number of piperidine rings is 1. The summed E-state index contributed by atoms with van der Waals surface area (Å²) in [6.45, 7) is 2.31. The number of carbonyl (C=O) groups is 1. The van der Waals surface area contributed by atoms with E-state index in [-0.39, 0.29) is 17.9 Å². The van der Waals surface area contributed by atoms with E-state index in [0.717, 1.165) is 31.7 Å². The predicted octanol–water partition coefficient (Wildman–Crippen LogP) is 2.15. The van der Waals surface area contributed by atoms with Crippen molar-refractivity contribution in [2.75, 3.05) is 31.1 Å². The Balaban J connectivity index is 1.39. The van der Waals surface area contributed by atoms with Gasteiger partial charge in [-0.1, -0.05) is 36.4 Å². The molecule has 1 aromatic carbocycles. The molecule has 1 fully saturated rings. The van der Waals surface area contributed by atoms with E-state index < -0.39 is 0 Å². The lowest BCUT2D eigenvalue weighted by atomic mass is 9.74. The van der Waals surface area contributed by atoms with Crippen LogP contribution in [0.1, 0.15) is 40.9 Å². The Kier molecular flexibility index (Phi) is 4.90. The number of aromatic nitrogens is 2. The van der Waals surface area contributed by atoms with E-state index in [4.69, 9.17) is 5.11 Å². The molecule has 0 saturated carbocycles. The molecule has 0 atom stereocenters. The topological polar surface area (TPSA) is 78.4 Å². The zero-order valence-corrected chi connectivity index (χ0v) is 15.3. The lowest BCUT2D eigenvalue weighted by Gasteiger charge is -2.39. The van der Waals surface area contributed by atoms with Crippen LogP contribution >= 0.6 is 0 Å². The number of hydrogen-bond acceptors (Lipinski definition) is 5. The molecule has 2 N–H and O–H groups in total. The minimum Gasteiger partial charge on any atom is -0.396 e. The highest BCUT2D eigenvalue weighted by molar-refractivity contribution is 5.92. The van der Waals surface area contributed by atoms with Gasteiger partial charge in [0, 0.05) is 31.7 Å². The average Bonchev–Trinajstić information content (AvgIpc) is 3.07. The minimum atomic E-state index is -0.257. The van der Waals surface area contributed by atoms with Crippen LogP contribution in [-0.4, -0.2) is 47.5 Å². The number of carbonyl (C=O) groups excluding carboxylic acids is 1. The monoisotopic (exact) mass is 364 g/mol. The molecule has 2 heterocycles. The van der Waals surface area contributed by atoms with Crippen molar-refractivity contribution < 1.29 is 9.90 Å². The van der Waals surface area contributed by atoms with E-state index in [1.165, 1.54) is 11.1 Å². The van der Waals surface area contributed by atoms with Gasteiger partial charge in [0.05, 0.1) is 0 Å². The number of aliphatic hydroxyl groups excluding tert-OH is 1. The van der Waals surface area contributed by atoms with Crippen molar-refractivity contribution in [1.29, 1.82) is 0 Å². The Hall–Kier alpha value is -2.73. The van der Waals surface area contributed by atoms with E-state index in [0.29, 0.717) is 18.7 Å². The third-order valence-electron chi connectivity index (χ3n) is 5.56. The third kappa shape index (κ3) is 3.45. The standard InChI is InChI=1S/C21H24N4O2/c26-15-3-12-22-20(27)18-6-7-19(24-23-18)25-13-10-21(11-14-25)9-8-16-4-1-2-5-17(16)21/h1-2,4-9,26H,3,10-15H2,(H,22,27). The first-order valence-electron chi connectivity index (χ1n) is 9.48.